The monoisotopic (exact) mass is 391 g/mol. The van der Waals surface area contributed by atoms with Crippen LogP contribution in [-0.2, 0) is 6.42 Å². The van der Waals surface area contributed by atoms with Crippen molar-refractivity contribution in [1.29, 1.82) is 0 Å². The van der Waals surface area contributed by atoms with Crippen molar-refractivity contribution in [1.82, 2.24) is 15.0 Å². The third kappa shape index (κ3) is 4.58. The zero-order valence-electron chi connectivity index (χ0n) is 17.2. The molecule has 0 bridgehead atoms. The van der Waals surface area contributed by atoms with Gasteiger partial charge in [0, 0.05) is 29.3 Å². The molecule has 0 unspecified atom stereocenters. The summed E-state index contributed by atoms with van der Waals surface area (Å²) in [5.41, 5.74) is 9.89. The molecule has 29 heavy (non-hydrogen) atoms. The van der Waals surface area contributed by atoms with Gasteiger partial charge in [-0.3, -0.25) is 4.98 Å². The normalized spacial score (nSPS) is 19.2. The van der Waals surface area contributed by atoms with E-state index in [1.807, 2.05) is 43.5 Å². The molecule has 0 saturated heterocycles. The summed E-state index contributed by atoms with van der Waals surface area (Å²) < 4.78 is 6.36. The molecule has 1 aromatic carbocycles. The third-order valence-electron chi connectivity index (χ3n) is 5.47. The van der Waals surface area contributed by atoms with Gasteiger partial charge in [0.05, 0.1) is 17.0 Å². The minimum absolute atomic E-state index is 0.187. The number of rotatable bonds is 6. The lowest BCUT2D eigenvalue weighted by Gasteiger charge is -2.30. The summed E-state index contributed by atoms with van der Waals surface area (Å²) >= 11 is 0. The van der Waals surface area contributed by atoms with Crippen LogP contribution in [0.1, 0.15) is 50.4 Å². The minimum atomic E-state index is 0.187. The van der Waals surface area contributed by atoms with E-state index < -0.39 is 0 Å². The number of nitrogens with one attached hydrogen (secondary N) is 1. The number of hydrogen-bond acceptors (Lipinski definition) is 6. The number of aromatic nitrogens is 3. The van der Waals surface area contributed by atoms with E-state index in [2.05, 4.69) is 27.2 Å². The van der Waals surface area contributed by atoms with Crippen LogP contribution in [0.3, 0.4) is 0 Å². The lowest BCUT2D eigenvalue weighted by molar-refractivity contribution is 0.152. The van der Waals surface area contributed by atoms with Gasteiger partial charge in [0.1, 0.15) is 5.75 Å². The molecule has 1 fully saturated rings. The Morgan fingerprint density at radius 1 is 1.14 bits per heavy atom. The fourth-order valence-electron chi connectivity index (χ4n) is 4.07. The van der Waals surface area contributed by atoms with Gasteiger partial charge in [-0.15, -0.1) is 0 Å². The summed E-state index contributed by atoms with van der Waals surface area (Å²) in [4.78, 5) is 13.6. The predicted octanol–water partition coefficient (Wildman–Crippen LogP) is 4.67. The zero-order valence-corrected chi connectivity index (χ0v) is 17.2. The standard InChI is InChI=1S/C23H29N5O/c1-3-5-16-12-13-25-23(27-16)28-17-8-10-18(11-9-17)29-21-7-4-6-20-22(21)19(24)14-15(2)26-20/h4,6-7,12-14,17-18H,3,5,8-11H2,1-2H3,(H2,24,26)(H,25,27,28). The maximum atomic E-state index is 6.36. The lowest BCUT2D eigenvalue weighted by atomic mass is 9.93. The highest BCUT2D eigenvalue weighted by Gasteiger charge is 2.24. The number of fused-ring (bicyclic) bond motifs is 1. The number of benzene rings is 1. The van der Waals surface area contributed by atoms with Gasteiger partial charge in [-0.25, -0.2) is 9.97 Å². The van der Waals surface area contributed by atoms with Crippen molar-refractivity contribution in [3.8, 4) is 5.75 Å². The van der Waals surface area contributed by atoms with Gasteiger partial charge in [-0.2, -0.15) is 0 Å². The van der Waals surface area contributed by atoms with E-state index in [9.17, 15) is 0 Å². The predicted molar refractivity (Wildman–Crippen MR) is 117 cm³/mol. The quantitative estimate of drug-likeness (QED) is 0.635. The first-order valence-corrected chi connectivity index (χ1v) is 10.5. The van der Waals surface area contributed by atoms with E-state index in [-0.39, 0.29) is 6.10 Å². The average Bonchev–Trinajstić information content (AvgIpc) is 2.70. The van der Waals surface area contributed by atoms with E-state index in [4.69, 9.17) is 10.5 Å². The summed E-state index contributed by atoms with van der Waals surface area (Å²) in [5, 5.41) is 4.42. The summed E-state index contributed by atoms with van der Waals surface area (Å²) in [7, 11) is 0. The summed E-state index contributed by atoms with van der Waals surface area (Å²) in [6.07, 6.45) is 8.14. The molecule has 6 heteroatoms. The maximum Gasteiger partial charge on any atom is 0.223 e. The fourth-order valence-corrected chi connectivity index (χ4v) is 4.07. The molecular weight excluding hydrogens is 362 g/mol. The van der Waals surface area contributed by atoms with Crippen molar-refractivity contribution in [2.24, 2.45) is 0 Å². The van der Waals surface area contributed by atoms with Crippen LogP contribution in [0.15, 0.2) is 36.5 Å². The number of hydrogen-bond donors (Lipinski definition) is 2. The van der Waals surface area contributed by atoms with E-state index in [0.29, 0.717) is 6.04 Å². The van der Waals surface area contributed by atoms with Crippen molar-refractivity contribution in [3.05, 3.63) is 47.9 Å². The molecule has 0 aliphatic heterocycles. The Morgan fingerprint density at radius 3 is 2.76 bits per heavy atom. The zero-order chi connectivity index (χ0) is 20.2. The number of ether oxygens (including phenoxy) is 1. The molecule has 2 heterocycles. The Morgan fingerprint density at radius 2 is 1.97 bits per heavy atom. The van der Waals surface area contributed by atoms with Crippen LogP contribution >= 0.6 is 0 Å². The van der Waals surface area contributed by atoms with E-state index in [1.165, 1.54) is 0 Å². The highest BCUT2D eigenvalue weighted by Crippen LogP contribution is 2.33. The van der Waals surface area contributed by atoms with E-state index >= 15 is 0 Å². The van der Waals surface area contributed by atoms with Crippen LogP contribution < -0.4 is 15.8 Å². The molecule has 1 aliphatic rings. The van der Waals surface area contributed by atoms with Crippen molar-refractivity contribution < 1.29 is 4.74 Å². The number of aryl methyl sites for hydroxylation is 2. The van der Waals surface area contributed by atoms with Gasteiger partial charge in [-0.1, -0.05) is 19.4 Å². The van der Waals surface area contributed by atoms with Crippen LogP contribution in [0.5, 0.6) is 5.75 Å². The van der Waals surface area contributed by atoms with Crippen LogP contribution in [0.25, 0.3) is 10.9 Å². The molecule has 0 radical (unpaired) electrons. The summed E-state index contributed by atoms with van der Waals surface area (Å²) in [5.74, 6) is 1.57. The topological polar surface area (TPSA) is 86.0 Å². The second-order valence-electron chi connectivity index (χ2n) is 7.86. The number of nitrogens with two attached hydrogens (primary N) is 1. The van der Waals surface area contributed by atoms with Crippen LogP contribution in [-0.4, -0.2) is 27.1 Å². The Bertz CT molecular complexity index is 982. The first-order valence-electron chi connectivity index (χ1n) is 10.5. The Balaban J connectivity index is 1.38. The van der Waals surface area contributed by atoms with Gasteiger partial charge in [0.2, 0.25) is 5.95 Å². The van der Waals surface area contributed by atoms with Crippen molar-refractivity contribution >= 4 is 22.5 Å². The third-order valence-corrected chi connectivity index (χ3v) is 5.47. The van der Waals surface area contributed by atoms with Gasteiger partial charge in [0.25, 0.3) is 0 Å². The summed E-state index contributed by atoms with van der Waals surface area (Å²) in [6, 6.07) is 10.2. The molecule has 1 saturated carbocycles. The summed E-state index contributed by atoms with van der Waals surface area (Å²) in [6.45, 7) is 4.12. The molecular formula is C23H29N5O. The maximum absolute atomic E-state index is 6.36. The highest BCUT2D eigenvalue weighted by atomic mass is 16.5. The van der Waals surface area contributed by atoms with E-state index in [0.717, 1.165) is 78.2 Å². The number of pyridine rings is 1. The van der Waals surface area contributed by atoms with Crippen molar-refractivity contribution in [2.45, 2.75) is 64.5 Å². The SMILES string of the molecule is CCCc1ccnc(NC2CCC(Oc3cccc4nc(C)cc(N)c34)CC2)n1. The molecule has 152 valence electrons. The number of nitrogens with zero attached hydrogens (tertiary/aromatic N) is 3. The van der Waals surface area contributed by atoms with Gasteiger partial charge in [-0.05, 0) is 63.3 Å². The molecule has 4 rings (SSSR count). The first kappa shape index (κ1) is 19.4. The van der Waals surface area contributed by atoms with Crippen molar-refractivity contribution in [2.75, 3.05) is 11.1 Å². The largest absolute Gasteiger partial charge is 0.490 e. The molecule has 6 nitrogen and oxygen atoms in total. The number of anilines is 2. The van der Waals surface area contributed by atoms with Crippen LogP contribution in [0.4, 0.5) is 11.6 Å². The smallest absolute Gasteiger partial charge is 0.223 e. The molecule has 0 atom stereocenters. The van der Waals surface area contributed by atoms with Crippen LogP contribution in [0, 0.1) is 6.92 Å². The Kier molecular flexibility index (Phi) is 5.79. The minimum Gasteiger partial charge on any atom is -0.490 e. The highest BCUT2D eigenvalue weighted by molar-refractivity contribution is 5.95. The molecule has 3 N–H and O–H groups in total. The molecule has 2 aromatic heterocycles. The molecule has 1 aliphatic carbocycles. The Hall–Kier alpha value is -2.89. The Labute approximate surface area is 171 Å². The number of nitrogen functional groups attached to an aromatic ring is 1. The molecule has 3 aromatic rings. The van der Waals surface area contributed by atoms with E-state index in [1.54, 1.807) is 0 Å². The van der Waals surface area contributed by atoms with Gasteiger partial charge < -0.3 is 15.8 Å². The van der Waals surface area contributed by atoms with Crippen molar-refractivity contribution in [3.63, 3.8) is 0 Å². The molecule has 0 amide bonds. The lowest BCUT2D eigenvalue weighted by Crippen LogP contribution is -2.31. The molecule has 0 spiro atoms. The van der Waals surface area contributed by atoms with Gasteiger partial charge >= 0.3 is 0 Å². The van der Waals surface area contributed by atoms with Gasteiger partial charge in [0.15, 0.2) is 0 Å². The second kappa shape index (κ2) is 8.64. The second-order valence-corrected chi connectivity index (χ2v) is 7.86. The first-order chi connectivity index (χ1) is 14.1. The average molecular weight is 392 g/mol. The fraction of sp³-hybridized carbons (Fsp3) is 0.435. The van der Waals surface area contributed by atoms with Crippen LogP contribution in [0.2, 0.25) is 0 Å².